The van der Waals surface area contributed by atoms with Crippen LogP contribution in [0.15, 0.2) is 77.8 Å². The van der Waals surface area contributed by atoms with Crippen molar-refractivity contribution in [1.82, 2.24) is 4.57 Å². The molecular weight excluding hydrogens is 427 g/mol. The molecule has 7 heteroatoms. The molecule has 0 saturated heterocycles. The fourth-order valence-corrected chi connectivity index (χ4v) is 5.40. The van der Waals surface area contributed by atoms with Crippen LogP contribution in [0.2, 0.25) is 0 Å². The van der Waals surface area contributed by atoms with Crippen molar-refractivity contribution in [2.24, 2.45) is 0 Å². The Morgan fingerprint density at radius 1 is 0.938 bits per heavy atom. The minimum atomic E-state index is -3.72. The number of rotatable bonds is 6. The number of halogens is 1. The number of sulfone groups is 1. The van der Waals surface area contributed by atoms with Crippen molar-refractivity contribution in [1.29, 1.82) is 0 Å². The Bertz CT molecular complexity index is 1390. The van der Waals surface area contributed by atoms with Crippen LogP contribution in [0.4, 0.5) is 10.1 Å². The number of carbonyl (C=O) groups excluding carboxylic acids is 1. The third kappa shape index (κ3) is 4.43. The number of nitrogens with one attached hydrogen (secondary N) is 1. The maximum Gasteiger partial charge on any atom is 0.244 e. The molecule has 0 bridgehead atoms. The molecule has 0 aliphatic heterocycles. The number of aromatic nitrogens is 1. The second-order valence-corrected chi connectivity index (χ2v) is 9.80. The highest BCUT2D eigenvalue weighted by Crippen LogP contribution is 2.28. The van der Waals surface area contributed by atoms with Crippen LogP contribution < -0.4 is 5.32 Å². The quantitative estimate of drug-likeness (QED) is 0.449. The van der Waals surface area contributed by atoms with Gasteiger partial charge in [-0.1, -0.05) is 48.5 Å². The van der Waals surface area contributed by atoms with Crippen LogP contribution in [-0.4, -0.2) is 18.9 Å². The minimum Gasteiger partial charge on any atom is -0.337 e. The lowest BCUT2D eigenvalue weighted by atomic mass is 10.1. The number of nitrogens with zero attached hydrogens (tertiary/aromatic N) is 1. The van der Waals surface area contributed by atoms with Gasteiger partial charge in [-0.05, 0) is 48.7 Å². The van der Waals surface area contributed by atoms with Crippen molar-refractivity contribution >= 4 is 32.3 Å². The fraction of sp³-hybridized carbons (Fsp3) is 0.160. The third-order valence-corrected chi connectivity index (χ3v) is 7.13. The number of hydrogen-bond donors (Lipinski definition) is 1. The second-order valence-electron chi connectivity index (χ2n) is 7.84. The first-order valence-electron chi connectivity index (χ1n) is 10.2. The zero-order chi connectivity index (χ0) is 22.9. The summed E-state index contributed by atoms with van der Waals surface area (Å²) >= 11 is 0. The Kier molecular flexibility index (Phi) is 5.84. The van der Waals surface area contributed by atoms with Gasteiger partial charge in [-0.2, -0.15) is 0 Å². The van der Waals surface area contributed by atoms with Crippen molar-refractivity contribution in [3.8, 4) is 0 Å². The van der Waals surface area contributed by atoms with Crippen molar-refractivity contribution in [3.63, 3.8) is 0 Å². The van der Waals surface area contributed by atoms with Gasteiger partial charge < -0.3 is 9.88 Å². The van der Waals surface area contributed by atoms with E-state index in [1.54, 1.807) is 28.8 Å². The Morgan fingerprint density at radius 2 is 1.59 bits per heavy atom. The molecule has 1 amide bonds. The number of para-hydroxylation sites is 2. The molecule has 0 atom stereocenters. The van der Waals surface area contributed by atoms with E-state index >= 15 is 0 Å². The normalized spacial score (nSPS) is 11.6. The predicted molar refractivity (Wildman–Crippen MR) is 124 cm³/mol. The molecule has 0 aliphatic rings. The van der Waals surface area contributed by atoms with Gasteiger partial charge in [-0.25, -0.2) is 12.8 Å². The van der Waals surface area contributed by atoms with Crippen LogP contribution >= 0.6 is 0 Å². The van der Waals surface area contributed by atoms with Crippen LogP contribution in [0.1, 0.15) is 16.7 Å². The molecule has 0 radical (unpaired) electrons. The van der Waals surface area contributed by atoms with Gasteiger partial charge in [0.15, 0.2) is 9.84 Å². The standard InChI is InChI=1S/C25H23FN2O3S/c1-17-6-5-7-18(2)25(17)27-24(29)15-28-14-23(21-8-3-4-9-22(21)28)32(30,31)16-19-10-12-20(26)13-11-19/h3-14H,15-16H2,1-2H3,(H,27,29). The van der Waals surface area contributed by atoms with Crippen molar-refractivity contribution in [3.05, 3.63) is 95.4 Å². The fourth-order valence-electron chi connectivity index (χ4n) is 3.81. The van der Waals surface area contributed by atoms with Crippen LogP contribution in [0, 0.1) is 19.7 Å². The van der Waals surface area contributed by atoms with Gasteiger partial charge >= 0.3 is 0 Å². The van der Waals surface area contributed by atoms with Gasteiger partial charge in [0.2, 0.25) is 5.91 Å². The summed E-state index contributed by atoms with van der Waals surface area (Å²) in [7, 11) is -3.72. The molecule has 0 fully saturated rings. The van der Waals surface area contributed by atoms with Gasteiger partial charge in [0.1, 0.15) is 12.4 Å². The van der Waals surface area contributed by atoms with E-state index in [9.17, 15) is 17.6 Å². The van der Waals surface area contributed by atoms with E-state index in [0.717, 1.165) is 16.8 Å². The van der Waals surface area contributed by atoms with E-state index in [1.807, 2.05) is 32.0 Å². The van der Waals surface area contributed by atoms with E-state index in [-0.39, 0.29) is 23.1 Å². The molecule has 0 spiro atoms. The summed E-state index contributed by atoms with van der Waals surface area (Å²) in [5.74, 6) is -0.918. The zero-order valence-electron chi connectivity index (χ0n) is 17.8. The van der Waals surface area contributed by atoms with E-state index < -0.39 is 15.7 Å². The van der Waals surface area contributed by atoms with Crippen LogP contribution in [0.3, 0.4) is 0 Å². The van der Waals surface area contributed by atoms with Crippen molar-refractivity contribution in [2.45, 2.75) is 31.0 Å². The maximum atomic E-state index is 13.2. The lowest BCUT2D eigenvalue weighted by Crippen LogP contribution is -2.19. The number of aryl methyl sites for hydroxylation is 2. The number of anilines is 1. The lowest BCUT2D eigenvalue weighted by molar-refractivity contribution is -0.116. The Morgan fingerprint density at radius 3 is 2.28 bits per heavy atom. The molecule has 1 aromatic heterocycles. The second kappa shape index (κ2) is 8.59. The predicted octanol–water partition coefficient (Wildman–Crippen LogP) is 5.01. The Balaban J connectivity index is 1.65. The van der Waals surface area contributed by atoms with Crippen LogP contribution in [0.5, 0.6) is 0 Å². The molecule has 1 N–H and O–H groups in total. The summed E-state index contributed by atoms with van der Waals surface area (Å²) in [6.45, 7) is 3.82. The largest absolute Gasteiger partial charge is 0.337 e. The number of carbonyl (C=O) groups is 1. The van der Waals surface area contributed by atoms with E-state index in [0.29, 0.717) is 16.5 Å². The molecule has 4 rings (SSSR count). The molecule has 0 unspecified atom stereocenters. The van der Waals surface area contributed by atoms with E-state index in [1.165, 1.54) is 30.5 Å². The average Bonchev–Trinajstić information content (AvgIpc) is 3.12. The summed E-state index contributed by atoms with van der Waals surface area (Å²) < 4.78 is 41.2. The first kappa shape index (κ1) is 21.8. The summed E-state index contributed by atoms with van der Waals surface area (Å²) in [6, 6.07) is 18.3. The van der Waals surface area contributed by atoms with E-state index in [2.05, 4.69) is 5.32 Å². The molecule has 5 nitrogen and oxygen atoms in total. The molecule has 0 aliphatic carbocycles. The molecule has 0 saturated carbocycles. The molecule has 4 aromatic rings. The highest BCUT2D eigenvalue weighted by molar-refractivity contribution is 7.90. The summed E-state index contributed by atoms with van der Waals surface area (Å²) in [5, 5.41) is 3.49. The van der Waals surface area contributed by atoms with E-state index in [4.69, 9.17) is 0 Å². The van der Waals surface area contributed by atoms with Crippen LogP contribution in [-0.2, 0) is 26.9 Å². The number of benzene rings is 3. The van der Waals surface area contributed by atoms with Crippen molar-refractivity contribution in [2.75, 3.05) is 5.32 Å². The van der Waals surface area contributed by atoms with Gasteiger partial charge in [0.05, 0.1) is 10.6 Å². The summed E-state index contributed by atoms with van der Waals surface area (Å²) in [4.78, 5) is 12.9. The summed E-state index contributed by atoms with van der Waals surface area (Å²) in [6.07, 6.45) is 1.51. The number of fused-ring (bicyclic) bond motifs is 1. The van der Waals surface area contributed by atoms with Gasteiger partial charge in [-0.15, -0.1) is 0 Å². The molecule has 32 heavy (non-hydrogen) atoms. The number of hydrogen-bond acceptors (Lipinski definition) is 3. The molecule has 3 aromatic carbocycles. The first-order chi connectivity index (χ1) is 15.2. The number of amides is 1. The third-order valence-electron chi connectivity index (χ3n) is 5.42. The highest BCUT2D eigenvalue weighted by atomic mass is 32.2. The van der Waals surface area contributed by atoms with Gasteiger partial charge in [0.25, 0.3) is 0 Å². The van der Waals surface area contributed by atoms with Gasteiger partial charge in [-0.3, -0.25) is 4.79 Å². The smallest absolute Gasteiger partial charge is 0.244 e. The topological polar surface area (TPSA) is 68.2 Å². The molecule has 164 valence electrons. The molecule has 1 heterocycles. The minimum absolute atomic E-state index is 0.0274. The van der Waals surface area contributed by atoms with Gasteiger partial charge in [0, 0.05) is 22.8 Å². The Hall–Kier alpha value is -3.45. The zero-order valence-corrected chi connectivity index (χ0v) is 18.6. The Labute approximate surface area is 186 Å². The SMILES string of the molecule is Cc1cccc(C)c1NC(=O)Cn1cc(S(=O)(=O)Cc2ccc(F)cc2)c2ccccc21. The summed E-state index contributed by atoms with van der Waals surface area (Å²) in [5.41, 5.74) is 3.83. The monoisotopic (exact) mass is 450 g/mol. The molecular formula is C25H23FN2O3S. The lowest BCUT2D eigenvalue weighted by Gasteiger charge is -2.12. The average molecular weight is 451 g/mol. The highest BCUT2D eigenvalue weighted by Gasteiger charge is 2.22. The first-order valence-corrected chi connectivity index (χ1v) is 11.8. The maximum absolute atomic E-state index is 13.2. The van der Waals surface area contributed by atoms with Crippen LogP contribution in [0.25, 0.3) is 10.9 Å². The van der Waals surface area contributed by atoms with Crippen molar-refractivity contribution < 1.29 is 17.6 Å².